The molecular formula is C8H15NO2. The van der Waals surface area contributed by atoms with E-state index in [4.69, 9.17) is 5.73 Å². The molecule has 0 unspecified atom stereocenters. The van der Waals surface area contributed by atoms with Gasteiger partial charge in [0.1, 0.15) is 5.60 Å². The molecule has 1 saturated carbocycles. The average molecular weight is 157 g/mol. The van der Waals surface area contributed by atoms with E-state index in [1.54, 1.807) is 6.92 Å². The van der Waals surface area contributed by atoms with Crippen LogP contribution in [0.5, 0.6) is 0 Å². The lowest BCUT2D eigenvalue weighted by Crippen LogP contribution is -2.43. The van der Waals surface area contributed by atoms with Crippen molar-refractivity contribution in [1.82, 2.24) is 0 Å². The maximum absolute atomic E-state index is 10.8. The molecule has 64 valence electrons. The number of carbonyl (C=O) groups excluding carboxylic acids is 1. The Morgan fingerprint density at radius 3 is 2.55 bits per heavy atom. The van der Waals surface area contributed by atoms with E-state index in [1.165, 1.54) is 0 Å². The summed E-state index contributed by atoms with van der Waals surface area (Å²) in [4.78, 5) is 10.8. The van der Waals surface area contributed by atoms with Crippen molar-refractivity contribution in [2.45, 2.75) is 38.2 Å². The van der Waals surface area contributed by atoms with E-state index in [1.807, 2.05) is 0 Å². The highest BCUT2D eigenvalue weighted by molar-refractivity contribution is 5.83. The number of primary amides is 1. The Kier molecular flexibility index (Phi) is 2.18. The molecule has 1 amide bonds. The van der Waals surface area contributed by atoms with E-state index in [-0.39, 0.29) is 0 Å². The monoisotopic (exact) mass is 157 g/mol. The third kappa shape index (κ3) is 1.93. The predicted molar refractivity (Wildman–Crippen MR) is 41.8 cm³/mol. The summed E-state index contributed by atoms with van der Waals surface area (Å²) in [5.74, 6) is -0.0423. The standard InChI is InChI=1S/C8H15NO2/c1-2-8(11,7(9)10)5-6-3-4-6/h6,11H,2-5H2,1H3,(H2,9,10)/t8-/m1/s1. The SMILES string of the molecule is CC[C@@](O)(CC1CC1)C(N)=O. The van der Waals surface area contributed by atoms with Crippen LogP contribution in [0.1, 0.15) is 32.6 Å². The molecule has 0 saturated heterocycles. The summed E-state index contributed by atoms with van der Waals surface area (Å²) >= 11 is 0. The first-order valence-corrected chi connectivity index (χ1v) is 4.11. The van der Waals surface area contributed by atoms with Gasteiger partial charge in [-0.05, 0) is 18.8 Å². The number of carbonyl (C=O) groups is 1. The number of rotatable bonds is 4. The summed E-state index contributed by atoms with van der Waals surface area (Å²) in [6.07, 6.45) is 3.25. The second kappa shape index (κ2) is 2.81. The summed E-state index contributed by atoms with van der Waals surface area (Å²) in [6, 6.07) is 0. The Morgan fingerprint density at radius 2 is 2.27 bits per heavy atom. The van der Waals surface area contributed by atoms with Crippen molar-refractivity contribution in [1.29, 1.82) is 0 Å². The van der Waals surface area contributed by atoms with Crippen LogP contribution < -0.4 is 5.73 Å². The maximum atomic E-state index is 10.8. The zero-order valence-electron chi connectivity index (χ0n) is 6.84. The molecule has 1 aliphatic carbocycles. The van der Waals surface area contributed by atoms with Gasteiger partial charge in [0.15, 0.2) is 0 Å². The Labute approximate surface area is 66.6 Å². The minimum absolute atomic E-state index is 0.429. The van der Waals surface area contributed by atoms with Crippen LogP contribution in [0.2, 0.25) is 0 Å². The van der Waals surface area contributed by atoms with Crippen LogP contribution in [-0.2, 0) is 4.79 Å². The van der Waals surface area contributed by atoms with E-state index in [0.717, 1.165) is 12.8 Å². The largest absolute Gasteiger partial charge is 0.380 e. The summed E-state index contributed by atoms with van der Waals surface area (Å²) in [7, 11) is 0. The van der Waals surface area contributed by atoms with Gasteiger partial charge in [-0.15, -0.1) is 0 Å². The van der Waals surface area contributed by atoms with Gasteiger partial charge in [0.2, 0.25) is 5.91 Å². The second-order valence-corrected chi connectivity index (χ2v) is 3.40. The third-order valence-electron chi connectivity index (χ3n) is 2.37. The third-order valence-corrected chi connectivity index (χ3v) is 2.37. The molecule has 0 aromatic rings. The van der Waals surface area contributed by atoms with Gasteiger partial charge in [-0.1, -0.05) is 19.8 Å². The first-order chi connectivity index (χ1) is 5.08. The quantitative estimate of drug-likeness (QED) is 0.621. The molecule has 3 N–H and O–H groups in total. The van der Waals surface area contributed by atoms with Crippen LogP contribution in [0.25, 0.3) is 0 Å². The van der Waals surface area contributed by atoms with Gasteiger partial charge >= 0.3 is 0 Å². The van der Waals surface area contributed by atoms with Crippen LogP contribution in [0.4, 0.5) is 0 Å². The lowest BCUT2D eigenvalue weighted by molar-refractivity contribution is -0.137. The van der Waals surface area contributed by atoms with Gasteiger partial charge in [-0.3, -0.25) is 4.79 Å². The number of nitrogens with two attached hydrogens (primary N) is 1. The van der Waals surface area contributed by atoms with Crippen molar-refractivity contribution in [2.75, 3.05) is 0 Å². The van der Waals surface area contributed by atoms with E-state index in [0.29, 0.717) is 18.8 Å². The van der Waals surface area contributed by atoms with Crippen LogP contribution in [0.3, 0.4) is 0 Å². The minimum atomic E-state index is -1.23. The first-order valence-electron chi connectivity index (χ1n) is 4.11. The number of hydrogen-bond donors (Lipinski definition) is 2. The van der Waals surface area contributed by atoms with Crippen LogP contribution in [0.15, 0.2) is 0 Å². The molecule has 1 rings (SSSR count). The molecule has 0 radical (unpaired) electrons. The smallest absolute Gasteiger partial charge is 0.249 e. The Hall–Kier alpha value is -0.570. The highest BCUT2D eigenvalue weighted by Crippen LogP contribution is 2.37. The van der Waals surface area contributed by atoms with Crippen LogP contribution in [-0.4, -0.2) is 16.6 Å². The van der Waals surface area contributed by atoms with E-state index in [2.05, 4.69) is 0 Å². The lowest BCUT2D eigenvalue weighted by Gasteiger charge is -2.22. The molecule has 0 bridgehead atoms. The Bertz CT molecular complexity index is 165. The molecule has 0 aromatic heterocycles. The normalized spacial score (nSPS) is 22.7. The molecule has 0 aromatic carbocycles. The van der Waals surface area contributed by atoms with E-state index < -0.39 is 11.5 Å². The van der Waals surface area contributed by atoms with Gasteiger partial charge in [0.05, 0.1) is 0 Å². The van der Waals surface area contributed by atoms with Gasteiger partial charge in [-0.25, -0.2) is 0 Å². The molecule has 3 heteroatoms. The number of amides is 1. The second-order valence-electron chi connectivity index (χ2n) is 3.40. The summed E-state index contributed by atoms with van der Waals surface area (Å²) in [5, 5.41) is 9.63. The zero-order chi connectivity index (χ0) is 8.48. The van der Waals surface area contributed by atoms with Crippen molar-refractivity contribution >= 4 is 5.91 Å². The van der Waals surface area contributed by atoms with E-state index in [9.17, 15) is 9.90 Å². The van der Waals surface area contributed by atoms with Gasteiger partial charge in [0.25, 0.3) is 0 Å². The lowest BCUT2D eigenvalue weighted by atomic mass is 9.93. The van der Waals surface area contributed by atoms with E-state index >= 15 is 0 Å². The van der Waals surface area contributed by atoms with Crippen LogP contribution in [0, 0.1) is 5.92 Å². The van der Waals surface area contributed by atoms with Crippen molar-refractivity contribution in [3.05, 3.63) is 0 Å². The highest BCUT2D eigenvalue weighted by Gasteiger charge is 2.38. The highest BCUT2D eigenvalue weighted by atomic mass is 16.3. The Morgan fingerprint density at radius 1 is 1.73 bits per heavy atom. The molecule has 1 aliphatic rings. The van der Waals surface area contributed by atoms with Gasteiger partial charge in [0, 0.05) is 0 Å². The average Bonchev–Trinajstić information content (AvgIpc) is 2.71. The van der Waals surface area contributed by atoms with Crippen molar-refractivity contribution in [3.8, 4) is 0 Å². The number of aliphatic hydroxyl groups is 1. The fraction of sp³-hybridized carbons (Fsp3) is 0.875. The molecule has 1 atom stereocenters. The van der Waals surface area contributed by atoms with Crippen LogP contribution >= 0.6 is 0 Å². The molecule has 0 spiro atoms. The van der Waals surface area contributed by atoms with Crippen molar-refractivity contribution < 1.29 is 9.90 Å². The fourth-order valence-electron chi connectivity index (χ4n) is 1.22. The topological polar surface area (TPSA) is 63.3 Å². The molecular weight excluding hydrogens is 142 g/mol. The fourth-order valence-corrected chi connectivity index (χ4v) is 1.22. The predicted octanol–water partition coefficient (Wildman–Crippen LogP) is 0.413. The molecule has 3 nitrogen and oxygen atoms in total. The maximum Gasteiger partial charge on any atom is 0.249 e. The van der Waals surface area contributed by atoms with Crippen molar-refractivity contribution in [3.63, 3.8) is 0 Å². The van der Waals surface area contributed by atoms with Gasteiger partial charge < -0.3 is 10.8 Å². The summed E-state index contributed by atoms with van der Waals surface area (Å²) in [5.41, 5.74) is 3.83. The molecule has 11 heavy (non-hydrogen) atoms. The minimum Gasteiger partial charge on any atom is -0.380 e. The van der Waals surface area contributed by atoms with Crippen molar-refractivity contribution in [2.24, 2.45) is 11.7 Å². The molecule has 0 heterocycles. The van der Waals surface area contributed by atoms with Gasteiger partial charge in [-0.2, -0.15) is 0 Å². The first kappa shape index (κ1) is 8.53. The summed E-state index contributed by atoms with van der Waals surface area (Å²) in [6.45, 7) is 1.78. The zero-order valence-corrected chi connectivity index (χ0v) is 6.84. The molecule has 1 fully saturated rings. The number of hydrogen-bond acceptors (Lipinski definition) is 2. The Balaban J connectivity index is 2.49. The molecule has 0 aliphatic heterocycles. The summed E-state index contributed by atoms with van der Waals surface area (Å²) < 4.78 is 0.